The molecule has 0 spiro atoms. The minimum Gasteiger partial charge on any atom is -0.385 e. The van der Waals surface area contributed by atoms with Gasteiger partial charge in [0.2, 0.25) is 0 Å². The predicted molar refractivity (Wildman–Crippen MR) is 112 cm³/mol. The van der Waals surface area contributed by atoms with E-state index >= 15 is 0 Å². The number of aryl methyl sites for hydroxylation is 1. The molecule has 0 fully saturated rings. The number of pyridine rings is 1. The molecule has 27 heavy (non-hydrogen) atoms. The monoisotopic (exact) mass is 408 g/mol. The van der Waals surface area contributed by atoms with Crippen LogP contribution < -0.4 is 10.6 Å². The van der Waals surface area contributed by atoms with E-state index in [0.717, 1.165) is 23.0 Å². The van der Waals surface area contributed by atoms with Gasteiger partial charge in [0.25, 0.3) is 5.91 Å². The molecule has 0 radical (unpaired) electrons. The summed E-state index contributed by atoms with van der Waals surface area (Å²) in [7, 11) is 3.55. The third-order valence-corrected chi connectivity index (χ3v) is 4.28. The third-order valence-electron chi connectivity index (χ3n) is 4.05. The molecular formula is C19H22Cl2N4O2. The van der Waals surface area contributed by atoms with Gasteiger partial charge in [-0.25, -0.2) is 4.98 Å². The van der Waals surface area contributed by atoms with Crippen molar-refractivity contribution in [2.24, 2.45) is 7.05 Å². The maximum Gasteiger partial charge on any atom is 0.255 e. The zero-order valence-corrected chi connectivity index (χ0v) is 16.7. The molecule has 3 rings (SSSR count). The summed E-state index contributed by atoms with van der Waals surface area (Å²) < 4.78 is 6.92. The highest BCUT2D eigenvalue weighted by Crippen LogP contribution is 2.28. The minimum absolute atomic E-state index is 0. The van der Waals surface area contributed by atoms with Crippen molar-refractivity contribution in [3.8, 4) is 0 Å². The summed E-state index contributed by atoms with van der Waals surface area (Å²) >= 11 is 6.04. The molecule has 0 saturated heterocycles. The van der Waals surface area contributed by atoms with Gasteiger partial charge in [-0.1, -0.05) is 17.7 Å². The average molecular weight is 409 g/mol. The fraction of sp³-hybridized carbons (Fsp3) is 0.263. The lowest BCUT2D eigenvalue weighted by molar-refractivity contribution is 0.0949. The summed E-state index contributed by atoms with van der Waals surface area (Å²) in [6, 6.07) is 9.37. The molecular weight excluding hydrogens is 387 g/mol. The van der Waals surface area contributed by atoms with Crippen LogP contribution in [-0.4, -0.2) is 35.7 Å². The lowest BCUT2D eigenvalue weighted by atomic mass is 10.2. The van der Waals surface area contributed by atoms with Gasteiger partial charge in [-0.3, -0.25) is 4.79 Å². The number of halogens is 2. The molecule has 0 saturated carbocycles. The van der Waals surface area contributed by atoms with E-state index in [9.17, 15) is 4.79 Å². The molecule has 2 N–H and O–H groups in total. The van der Waals surface area contributed by atoms with Crippen molar-refractivity contribution < 1.29 is 9.53 Å². The van der Waals surface area contributed by atoms with Crippen LogP contribution in [-0.2, 0) is 11.8 Å². The molecule has 144 valence electrons. The van der Waals surface area contributed by atoms with Crippen LogP contribution in [0.5, 0.6) is 0 Å². The van der Waals surface area contributed by atoms with E-state index in [4.69, 9.17) is 16.3 Å². The fourth-order valence-electron chi connectivity index (χ4n) is 2.80. The fourth-order valence-corrected chi connectivity index (χ4v) is 2.99. The molecule has 2 heterocycles. The molecule has 0 aliphatic rings. The highest BCUT2D eigenvalue weighted by atomic mass is 35.5. The van der Waals surface area contributed by atoms with Crippen LogP contribution in [0.1, 0.15) is 16.8 Å². The normalized spacial score (nSPS) is 10.5. The van der Waals surface area contributed by atoms with Crippen molar-refractivity contribution in [2.45, 2.75) is 6.42 Å². The van der Waals surface area contributed by atoms with Gasteiger partial charge in [-0.15, -0.1) is 12.4 Å². The molecule has 1 amide bonds. The van der Waals surface area contributed by atoms with Gasteiger partial charge >= 0.3 is 0 Å². The highest BCUT2D eigenvalue weighted by Gasteiger charge is 2.16. The van der Waals surface area contributed by atoms with Crippen molar-refractivity contribution in [2.75, 3.05) is 25.6 Å². The molecule has 1 aromatic carbocycles. The molecule has 8 heteroatoms. The van der Waals surface area contributed by atoms with Gasteiger partial charge in [0.05, 0.1) is 11.1 Å². The number of methoxy groups -OCH3 is 1. The summed E-state index contributed by atoms with van der Waals surface area (Å²) in [4.78, 5) is 17.0. The lowest BCUT2D eigenvalue weighted by Gasteiger charge is -2.11. The number of carbonyl (C=O) groups excluding carboxylic acids is 1. The smallest absolute Gasteiger partial charge is 0.255 e. The Balaban J connectivity index is 0.00000261. The molecule has 3 aromatic rings. The number of rotatable bonds is 7. The van der Waals surface area contributed by atoms with Crippen LogP contribution in [0.4, 0.5) is 11.5 Å². The first-order valence-corrected chi connectivity index (χ1v) is 8.71. The number of fused-ring (bicyclic) bond motifs is 1. The van der Waals surface area contributed by atoms with E-state index in [1.54, 1.807) is 13.3 Å². The van der Waals surface area contributed by atoms with E-state index in [-0.39, 0.29) is 18.3 Å². The largest absolute Gasteiger partial charge is 0.385 e. The van der Waals surface area contributed by atoms with Gasteiger partial charge < -0.3 is 19.9 Å². The molecule has 0 aliphatic carbocycles. The zero-order chi connectivity index (χ0) is 18.5. The Kier molecular flexibility index (Phi) is 7.47. The number of benzene rings is 1. The van der Waals surface area contributed by atoms with Crippen LogP contribution in [0.3, 0.4) is 0 Å². The van der Waals surface area contributed by atoms with E-state index in [1.807, 2.05) is 48.1 Å². The second kappa shape index (κ2) is 9.60. The van der Waals surface area contributed by atoms with Crippen LogP contribution in [0.15, 0.2) is 42.7 Å². The first-order valence-electron chi connectivity index (χ1n) is 8.34. The summed E-state index contributed by atoms with van der Waals surface area (Å²) in [6.45, 7) is 1.17. The van der Waals surface area contributed by atoms with Crippen molar-refractivity contribution >= 4 is 52.3 Å². The molecule has 2 aromatic heterocycles. The summed E-state index contributed by atoms with van der Waals surface area (Å²) in [5.41, 5.74) is 2.21. The number of carbonyl (C=O) groups is 1. The third kappa shape index (κ3) is 4.91. The second-order valence-electron chi connectivity index (χ2n) is 5.95. The van der Waals surface area contributed by atoms with Crippen LogP contribution in [0.2, 0.25) is 5.02 Å². The van der Waals surface area contributed by atoms with Gasteiger partial charge in [-0.2, -0.15) is 0 Å². The summed E-state index contributed by atoms with van der Waals surface area (Å²) in [6.07, 6.45) is 4.28. The van der Waals surface area contributed by atoms with Crippen LogP contribution >= 0.6 is 24.0 Å². The Bertz CT molecular complexity index is 927. The van der Waals surface area contributed by atoms with Crippen molar-refractivity contribution in [3.63, 3.8) is 0 Å². The number of hydrogen-bond acceptors (Lipinski definition) is 4. The Morgan fingerprint density at radius 2 is 2.15 bits per heavy atom. The van der Waals surface area contributed by atoms with Gasteiger partial charge in [0.1, 0.15) is 5.82 Å². The number of nitrogens with one attached hydrogen (secondary N) is 2. The van der Waals surface area contributed by atoms with Gasteiger partial charge in [0, 0.05) is 55.8 Å². The topological polar surface area (TPSA) is 68.2 Å². The van der Waals surface area contributed by atoms with E-state index in [1.165, 1.54) is 0 Å². The van der Waals surface area contributed by atoms with Gasteiger partial charge in [0.15, 0.2) is 0 Å². The first-order chi connectivity index (χ1) is 12.6. The standard InChI is InChI=1S/C19H21ClN4O2.ClH/c1-24-9-7-15-17(24)16(19(25)21-8-4-10-26-2)12-22-18(15)23-14-6-3-5-13(20)11-14;/h3,5-7,9,11-12H,4,8,10H2,1-2H3,(H,21,25)(H,22,23);1H. The van der Waals surface area contributed by atoms with Crippen molar-refractivity contribution in [1.29, 1.82) is 0 Å². The number of anilines is 2. The molecule has 0 aliphatic heterocycles. The number of nitrogens with zero attached hydrogens (tertiary/aromatic N) is 2. The maximum atomic E-state index is 12.5. The predicted octanol–water partition coefficient (Wildman–Crippen LogP) is 4.16. The highest BCUT2D eigenvalue weighted by molar-refractivity contribution is 6.30. The second-order valence-corrected chi connectivity index (χ2v) is 6.38. The SMILES string of the molecule is COCCCNC(=O)c1cnc(Nc2cccc(Cl)c2)c2ccn(C)c12.Cl. The number of aromatic nitrogens is 2. The Labute approximate surface area is 169 Å². The molecule has 0 bridgehead atoms. The number of ether oxygens (including phenoxy) is 1. The van der Waals surface area contributed by atoms with E-state index < -0.39 is 0 Å². The van der Waals surface area contributed by atoms with E-state index in [0.29, 0.717) is 29.6 Å². The Morgan fingerprint density at radius 3 is 2.89 bits per heavy atom. The van der Waals surface area contributed by atoms with E-state index in [2.05, 4.69) is 15.6 Å². The first kappa shape index (κ1) is 21.0. The quantitative estimate of drug-likeness (QED) is 0.575. The average Bonchev–Trinajstić information content (AvgIpc) is 3.01. The lowest BCUT2D eigenvalue weighted by Crippen LogP contribution is -2.26. The number of hydrogen-bond donors (Lipinski definition) is 2. The number of amides is 1. The van der Waals surface area contributed by atoms with Crippen molar-refractivity contribution in [1.82, 2.24) is 14.9 Å². The van der Waals surface area contributed by atoms with Gasteiger partial charge in [-0.05, 0) is 30.7 Å². The Morgan fingerprint density at radius 1 is 1.33 bits per heavy atom. The molecule has 0 atom stereocenters. The zero-order valence-electron chi connectivity index (χ0n) is 15.2. The van der Waals surface area contributed by atoms with Crippen molar-refractivity contribution in [3.05, 3.63) is 53.3 Å². The summed E-state index contributed by atoms with van der Waals surface area (Å²) in [5.74, 6) is 0.536. The minimum atomic E-state index is -0.144. The summed E-state index contributed by atoms with van der Waals surface area (Å²) in [5, 5.41) is 7.70. The van der Waals surface area contributed by atoms with Crippen LogP contribution in [0, 0.1) is 0 Å². The molecule has 0 unspecified atom stereocenters. The molecule has 6 nitrogen and oxygen atoms in total. The Hall–Kier alpha value is -2.28. The maximum absolute atomic E-state index is 12.5. The van der Waals surface area contributed by atoms with Crippen LogP contribution in [0.25, 0.3) is 10.9 Å².